The van der Waals surface area contributed by atoms with Crippen molar-refractivity contribution in [2.75, 3.05) is 0 Å². The van der Waals surface area contributed by atoms with Crippen molar-refractivity contribution in [3.8, 4) is 17.2 Å². The second-order valence-corrected chi connectivity index (χ2v) is 4.95. The van der Waals surface area contributed by atoms with Gasteiger partial charge in [0.15, 0.2) is 17.2 Å². The fourth-order valence-corrected chi connectivity index (χ4v) is 2.01. The number of carbonyl (C=O) groups is 1. The summed E-state index contributed by atoms with van der Waals surface area (Å²) in [5.74, 6) is -3.34. The van der Waals surface area contributed by atoms with E-state index in [2.05, 4.69) is 0 Å². The van der Waals surface area contributed by atoms with Crippen LogP contribution in [0.15, 0.2) is 12.1 Å². The van der Waals surface area contributed by atoms with Crippen molar-refractivity contribution < 1.29 is 44.9 Å². The molecule has 0 saturated carbocycles. The average Bonchev–Trinajstić information content (AvgIpc) is 2.47. The minimum absolute atomic E-state index is 0.308. The van der Waals surface area contributed by atoms with E-state index in [1.54, 1.807) is 0 Å². The SMILES string of the molecule is C[C@@H]1O[C@@H](OC(=O)c2cc(O)c(O)c(O)c2)[C@H](O)[C@H](O)[C@H]1O. The molecule has 1 aliphatic rings. The molecule has 1 aromatic carbocycles. The van der Waals surface area contributed by atoms with Crippen LogP contribution in [0.25, 0.3) is 0 Å². The van der Waals surface area contributed by atoms with Gasteiger partial charge in [0, 0.05) is 0 Å². The first-order chi connectivity index (χ1) is 10.2. The molecule has 1 aromatic rings. The van der Waals surface area contributed by atoms with Gasteiger partial charge in [-0.05, 0) is 19.1 Å². The Kier molecular flexibility index (Phi) is 4.42. The number of rotatable bonds is 2. The molecule has 1 fully saturated rings. The van der Waals surface area contributed by atoms with Gasteiger partial charge >= 0.3 is 5.97 Å². The maximum Gasteiger partial charge on any atom is 0.340 e. The highest BCUT2D eigenvalue weighted by Crippen LogP contribution is 2.35. The minimum Gasteiger partial charge on any atom is -0.504 e. The van der Waals surface area contributed by atoms with Crippen molar-refractivity contribution in [2.24, 2.45) is 0 Å². The summed E-state index contributed by atoms with van der Waals surface area (Å²) in [5.41, 5.74) is -0.308. The van der Waals surface area contributed by atoms with Gasteiger partial charge in [-0.2, -0.15) is 0 Å². The van der Waals surface area contributed by atoms with Crippen LogP contribution in [-0.2, 0) is 9.47 Å². The van der Waals surface area contributed by atoms with Crippen LogP contribution in [0.5, 0.6) is 17.2 Å². The Morgan fingerprint density at radius 1 is 1.05 bits per heavy atom. The molecule has 0 radical (unpaired) electrons. The van der Waals surface area contributed by atoms with Crippen molar-refractivity contribution in [2.45, 2.75) is 37.6 Å². The number of esters is 1. The van der Waals surface area contributed by atoms with E-state index in [0.29, 0.717) is 0 Å². The first-order valence-corrected chi connectivity index (χ1v) is 6.38. The Morgan fingerprint density at radius 2 is 1.59 bits per heavy atom. The average molecular weight is 316 g/mol. The van der Waals surface area contributed by atoms with Crippen molar-refractivity contribution in [3.63, 3.8) is 0 Å². The lowest BCUT2D eigenvalue weighted by molar-refractivity contribution is -0.276. The molecule has 0 bridgehead atoms. The van der Waals surface area contributed by atoms with E-state index < -0.39 is 53.9 Å². The van der Waals surface area contributed by atoms with E-state index in [4.69, 9.17) is 9.47 Å². The first kappa shape index (κ1) is 16.3. The number of hydrogen-bond donors (Lipinski definition) is 6. The molecule has 0 amide bonds. The van der Waals surface area contributed by atoms with Gasteiger partial charge in [-0.3, -0.25) is 0 Å². The van der Waals surface area contributed by atoms with E-state index in [-0.39, 0.29) is 5.56 Å². The van der Waals surface area contributed by atoms with Gasteiger partial charge in [0.1, 0.15) is 18.3 Å². The fourth-order valence-electron chi connectivity index (χ4n) is 2.01. The molecule has 9 heteroatoms. The third-order valence-electron chi connectivity index (χ3n) is 3.34. The lowest BCUT2D eigenvalue weighted by Gasteiger charge is -2.38. The molecule has 5 atom stereocenters. The standard InChI is InChI=1S/C13H16O9/c1-4-8(16)10(18)11(19)13(21-4)22-12(20)5-2-6(14)9(17)7(15)3-5/h2-4,8,10-11,13-19H,1H3/t4-,8-,10+,11+,13-/m0/s1. The van der Waals surface area contributed by atoms with Crippen molar-refractivity contribution in [3.05, 3.63) is 17.7 Å². The molecular formula is C13H16O9. The van der Waals surface area contributed by atoms with Gasteiger partial charge in [-0.1, -0.05) is 0 Å². The van der Waals surface area contributed by atoms with Crippen LogP contribution in [0.2, 0.25) is 0 Å². The molecule has 0 aromatic heterocycles. The summed E-state index contributed by atoms with van der Waals surface area (Å²) >= 11 is 0. The van der Waals surface area contributed by atoms with Crippen LogP contribution >= 0.6 is 0 Å². The Hall–Kier alpha value is -2.07. The minimum atomic E-state index is -1.67. The number of phenols is 3. The number of ether oxygens (including phenoxy) is 2. The molecule has 9 nitrogen and oxygen atoms in total. The summed E-state index contributed by atoms with van der Waals surface area (Å²) in [6.45, 7) is 1.42. The largest absolute Gasteiger partial charge is 0.504 e. The summed E-state index contributed by atoms with van der Waals surface area (Å²) in [4.78, 5) is 11.9. The molecular weight excluding hydrogens is 300 g/mol. The smallest absolute Gasteiger partial charge is 0.340 e. The van der Waals surface area contributed by atoms with Crippen LogP contribution in [-0.4, -0.2) is 67.3 Å². The van der Waals surface area contributed by atoms with Crippen molar-refractivity contribution in [1.82, 2.24) is 0 Å². The Morgan fingerprint density at radius 3 is 2.14 bits per heavy atom. The molecule has 0 unspecified atom stereocenters. The quantitative estimate of drug-likeness (QED) is 0.291. The fraction of sp³-hybridized carbons (Fsp3) is 0.462. The number of carbonyl (C=O) groups excluding carboxylic acids is 1. The molecule has 1 aliphatic heterocycles. The highest BCUT2D eigenvalue weighted by Gasteiger charge is 2.43. The molecule has 1 saturated heterocycles. The van der Waals surface area contributed by atoms with E-state index in [0.717, 1.165) is 12.1 Å². The normalized spacial score (nSPS) is 31.7. The van der Waals surface area contributed by atoms with Gasteiger partial charge in [0.25, 0.3) is 0 Å². The van der Waals surface area contributed by atoms with Gasteiger partial charge in [-0.15, -0.1) is 0 Å². The third kappa shape index (κ3) is 2.92. The number of aromatic hydroxyl groups is 3. The summed E-state index contributed by atoms with van der Waals surface area (Å²) in [6.07, 6.45) is -7.01. The summed E-state index contributed by atoms with van der Waals surface area (Å²) in [6, 6.07) is 1.70. The Bertz CT molecular complexity index is 550. The number of benzene rings is 1. The summed E-state index contributed by atoms with van der Waals surface area (Å²) < 4.78 is 9.92. The third-order valence-corrected chi connectivity index (χ3v) is 3.34. The predicted molar refractivity (Wildman–Crippen MR) is 69.2 cm³/mol. The second kappa shape index (κ2) is 5.97. The van der Waals surface area contributed by atoms with Gasteiger partial charge in [0.05, 0.1) is 11.7 Å². The highest BCUT2D eigenvalue weighted by molar-refractivity contribution is 5.91. The zero-order chi connectivity index (χ0) is 16.6. The summed E-state index contributed by atoms with van der Waals surface area (Å²) in [5, 5.41) is 56.7. The highest BCUT2D eigenvalue weighted by atomic mass is 16.7. The zero-order valence-electron chi connectivity index (χ0n) is 11.4. The molecule has 22 heavy (non-hydrogen) atoms. The van der Waals surface area contributed by atoms with Crippen LogP contribution in [0.3, 0.4) is 0 Å². The second-order valence-electron chi connectivity index (χ2n) is 4.95. The maximum atomic E-state index is 11.9. The number of aliphatic hydroxyl groups is 3. The number of phenolic OH excluding ortho intramolecular Hbond substituents is 3. The predicted octanol–water partition coefficient (Wildman–Crippen LogP) is -1.21. The number of aliphatic hydroxyl groups excluding tert-OH is 3. The van der Waals surface area contributed by atoms with Crippen molar-refractivity contribution >= 4 is 5.97 Å². The van der Waals surface area contributed by atoms with E-state index in [1.165, 1.54) is 6.92 Å². The van der Waals surface area contributed by atoms with E-state index >= 15 is 0 Å². The molecule has 1 heterocycles. The Balaban J connectivity index is 2.15. The zero-order valence-corrected chi connectivity index (χ0v) is 11.4. The molecule has 0 aliphatic carbocycles. The van der Waals surface area contributed by atoms with Crippen molar-refractivity contribution in [1.29, 1.82) is 0 Å². The molecule has 2 rings (SSSR count). The topological polar surface area (TPSA) is 157 Å². The van der Waals surface area contributed by atoms with Crippen LogP contribution in [0.1, 0.15) is 17.3 Å². The number of hydrogen-bond acceptors (Lipinski definition) is 9. The van der Waals surface area contributed by atoms with E-state index in [1.807, 2.05) is 0 Å². The Labute approximate surface area is 124 Å². The van der Waals surface area contributed by atoms with Gasteiger partial charge in [0.2, 0.25) is 6.29 Å². The molecule has 0 spiro atoms. The first-order valence-electron chi connectivity index (χ1n) is 6.38. The molecule has 122 valence electrons. The lowest BCUT2D eigenvalue weighted by Crippen LogP contribution is -2.57. The maximum absolute atomic E-state index is 11.9. The summed E-state index contributed by atoms with van der Waals surface area (Å²) in [7, 11) is 0. The van der Waals surface area contributed by atoms with Crippen LogP contribution in [0, 0.1) is 0 Å². The lowest BCUT2D eigenvalue weighted by atomic mass is 10.00. The monoisotopic (exact) mass is 316 g/mol. The molecule has 6 N–H and O–H groups in total. The van der Waals surface area contributed by atoms with Gasteiger partial charge < -0.3 is 40.1 Å². The van der Waals surface area contributed by atoms with Crippen LogP contribution < -0.4 is 0 Å². The van der Waals surface area contributed by atoms with E-state index in [9.17, 15) is 35.4 Å². The van der Waals surface area contributed by atoms with Crippen LogP contribution in [0.4, 0.5) is 0 Å². The van der Waals surface area contributed by atoms with Gasteiger partial charge in [-0.25, -0.2) is 4.79 Å².